The fraction of sp³-hybridized carbons (Fsp3) is 0.318. The molecule has 5 nitrogen and oxygen atoms in total. The smallest absolute Gasteiger partial charge is 0.222 e. The van der Waals surface area contributed by atoms with E-state index >= 15 is 0 Å². The Kier molecular flexibility index (Phi) is 5.88. The van der Waals surface area contributed by atoms with Gasteiger partial charge in [-0.05, 0) is 30.7 Å². The van der Waals surface area contributed by atoms with Crippen molar-refractivity contribution < 1.29 is 4.79 Å². The van der Waals surface area contributed by atoms with Gasteiger partial charge in [0.15, 0.2) is 5.82 Å². The summed E-state index contributed by atoms with van der Waals surface area (Å²) in [4.78, 5) is 25.9. The maximum atomic E-state index is 12.2. The Morgan fingerprint density at radius 3 is 2.41 bits per heavy atom. The van der Waals surface area contributed by atoms with Crippen LogP contribution in [-0.2, 0) is 4.79 Å². The molecule has 2 heterocycles. The lowest BCUT2D eigenvalue weighted by molar-refractivity contribution is -0.131. The maximum absolute atomic E-state index is 12.2. The maximum Gasteiger partial charge on any atom is 0.222 e. The summed E-state index contributed by atoms with van der Waals surface area (Å²) >= 11 is 12.9. The molecule has 1 saturated heterocycles. The number of rotatable bonds is 4. The Hall–Kier alpha value is -2.37. The molecule has 2 aromatic carbocycles. The molecule has 1 fully saturated rings. The van der Waals surface area contributed by atoms with Gasteiger partial charge in [-0.15, -0.1) is 0 Å². The highest BCUT2D eigenvalue weighted by atomic mass is 35.5. The molecule has 0 radical (unpaired) electrons. The molecule has 3 aromatic rings. The van der Waals surface area contributed by atoms with E-state index in [4.69, 9.17) is 33.2 Å². The molecular weight excluding hydrogens is 407 g/mol. The summed E-state index contributed by atoms with van der Waals surface area (Å²) in [6, 6.07) is 13.2. The molecule has 0 aliphatic carbocycles. The lowest BCUT2D eigenvalue weighted by Gasteiger charge is -2.36. The average Bonchev–Trinajstić information content (AvgIpc) is 2.74. The Morgan fingerprint density at radius 2 is 1.69 bits per heavy atom. The van der Waals surface area contributed by atoms with Crippen LogP contribution in [0.15, 0.2) is 42.5 Å². The van der Waals surface area contributed by atoms with Crippen LogP contribution in [0.5, 0.6) is 0 Å². The fourth-order valence-corrected chi connectivity index (χ4v) is 4.13. The minimum Gasteiger partial charge on any atom is -0.352 e. The van der Waals surface area contributed by atoms with Crippen molar-refractivity contribution in [3.05, 3.63) is 52.5 Å². The van der Waals surface area contributed by atoms with Crippen molar-refractivity contribution in [2.75, 3.05) is 31.1 Å². The van der Waals surface area contributed by atoms with Crippen LogP contribution < -0.4 is 4.90 Å². The molecule has 0 unspecified atom stereocenters. The van der Waals surface area contributed by atoms with E-state index in [9.17, 15) is 4.79 Å². The van der Waals surface area contributed by atoms with E-state index in [1.54, 1.807) is 0 Å². The van der Waals surface area contributed by atoms with E-state index in [1.807, 2.05) is 54.3 Å². The van der Waals surface area contributed by atoms with Crippen LogP contribution in [0.2, 0.25) is 10.0 Å². The third-order valence-corrected chi connectivity index (χ3v) is 5.81. The second kappa shape index (κ2) is 8.56. The highest BCUT2D eigenvalue weighted by Gasteiger charge is 2.24. The summed E-state index contributed by atoms with van der Waals surface area (Å²) in [6.45, 7) is 4.79. The second-order valence-electron chi connectivity index (χ2n) is 7.10. The van der Waals surface area contributed by atoms with Gasteiger partial charge in [-0.1, -0.05) is 48.3 Å². The van der Waals surface area contributed by atoms with Crippen LogP contribution in [0.4, 0.5) is 5.82 Å². The van der Waals surface area contributed by atoms with Crippen molar-refractivity contribution in [2.45, 2.75) is 19.8 Å². The number of halogens is 2. The minimum absolute atomic E-state index is 0.217. The molecular formula is C22H22Cl2N4O. The molecule has 0 saturated carbocycles. The Labute approximate surface area is 180 Å². The van der Waals surface area contributed by atoms with Crippen molar-refractivity contribution >= 4 is 45.8 Å². The summed E-state index contributed by atoms with van der Waals surface area (Å²) in [5.74, 6) is 1.58. The number of aromatic nitrogens is 2. The number of nitrogens with zero attached hydrogens (tertiary/aromatic N) is 4. The highest BCUT2D eigenvalue weighted by Crippen LogP contribution is 2.34. The Balaban J connectivity index is 1.74. The van der Waals surface area contributed by atoms with E-state index < -0.39 is 0 Å². The van der Waals surface area contributed by atoms with Crippen LogP contribution >= 0.6 is 23.2 Å². The zero-order valence-corrected chi connectivity index (χ0v) is 17.7. The number of amides is 1. The third kappa shape index (κ3) is 4.02. The topological polar surface area (TPSA) is 49.3 Å². The van der Waals surface area contributed by atoms with E-state index in [1.165, 1.54) is 0 Å². The molecule has 1 aliphatic rings. The molecule has 1 amide bonds. The first kappa shape index (κ1) is 19.9. The highest BCUT2D eigenvalue weighted by molar-refractivity contribution is 6.36. The minimum atomic E-state index is 0.217. The van der Waals surface area contributed by atoms with Gasteiger partial charge in [-0.2, -0.15) is 0 Å². The summed E-state index contributed by atoms with van der Waals surface area (Å²) in [5, 5.41) is 2.06. The molecule has 150 valence electrons. The molecule has 0 atom stereocenters. The van der Waals surface area contributed by atoms with Crippen LogP contribution in [-0.4, -0.2) is 47.0 Å². The molecule has 1 aliphatic heterocycles. The summed E-state index contributed by atoms with van der Waals surface area (Å²) < 4.78 is 0. The zero-order valence-electron chi connectivity index (χ0n) is 16.2. The van der Waals surface area contributed by atoms with Crippen molar-refractivity contribution in [2.24, 2.45) is 0 Å². The zero-order chi connectivity index (χ0) is 20.4. The van der Waals surface area contributed by atoms with Gasteiger partial charge in [0.1, 0.15) is 5.82 Å². The summed E-state index contributed by atoms with van der Waals surface area (Å²) in [6.07, 6.45) is 1.46. The molecule has 4 rings (SSSR count). The monoisotopic (exact) mass is 428 g/mol. The van der Waals surface area contributed by atoms with Crippen molar-refractivity contribution in [1.82, 2.24) is 14.9 Å². The average molecular weight is 429 g/mol. The van der Waals surface area contributed by atoms with Gasteiger partial charge in [0.05, 0.1) is 20.9 Å². The van der Waals surface area contributed by atoms with E-state index in [-0.39, 0.29) is 5.91 Å². The Morgan fingerprint density at radius 1 is 0.966 bits per heavy atom. The third-order valence-electron chi connectivity index (χ3n) is 5.16. The molecule has 0 spiro atoms. The predicted molar refractivity (Wildman–Crippen MR) is 119 cm³/mol. The quantitative estimate of drug-likeness (QED) is 0.582. The standard InChI is InChI=1S/C22H22Cl2N4O/c1-2-6-19(29)27-11-13-28(14-12-27)22-20-17(24)9-5-10-18(20)25-21(26-22)15-7-3-4-8-16(15)23/h3-5,7-10H,2,6,11-14H2,1H3. The van der Waals surface area contributed by atoms with Crippen molar-refractivity contribution in [3.8, 4) is 11.4 Å². The van der Waals surface area contributed by atoms with Gasteiger partial charge in [0.25, 0.3) is 0 Å². The lowest BCUT2D eigenvalue weighted by Crippen LogP contribution is -2.49. The first-order valence-corrected chi connectivity index (χ1v) is 10.6. The van der Waals surface area contributed by atoms with Gasteiger partial charge < -0.3 is 9.80 Å². The van der Waals surface area contributed by atoms with Gasteiger partial charge in [0.2, 0.25) is 5.91 Å². The van der Waals surface area contributed by atoms with Crippen LogP contribution in [0.1, 0.15) is 19.8 Å². The first-order valence-electron chi connectivity index (χ1n) is 9.82. The second-order valence-corrected chi connectivity index (χ2v) is 7.92. The lowest BCUT2D eigenvalue weighted by atomic mass is 10.1. The molecule has 1 aromatic heterocycles. The van der Waals surface area contributed by atoms with Crippen LogP contribution in [0.3, 0.4) is 0 Å². The van der Waals surface area contributed by atoms with Gasteiger partial charge in [-0.25, -0.2) is 9.97 Å². The largest absolute Gasteiger partial charge is 0.352 e. The number of hydrogen-bond donors (Lipinski definition) is 0. The number of anilines is 1. The SMILES string of the molecule is CCCC(=O)N1CCN(c2nc(-c3ccccc3Cl)nc3cccc(Cl)c23)CC1. The van der Waals surface area contributed by atoms with E-state index in [2.05, 4.69) is 4.90 Å². The predicted octanol–water partition coefficient (Wildman–Crippen LogP) is 5.05. The van der Waals surface area contributed by atoms with E-state index in [0.717, 1.165) is 28.7 Å². The van der Waals surface area contributed by atoms with Crippen LogP contribution in [0.25, 0.3) is 22.3 Å². The normalized spacial score (nSPS) is 14.4. The van der Waals surface area contributed by atoms with E-state index in [0.29, 0.717) is 48.5 Å². The van der Waals surface area contributed by atoms with Crippen LogP contribution in [0, 0.1) is 0 Å². The number of carbonyl (C=O) groups excluding carboxylic acids is 1. The number of fused-ring (bicyclic) bond motifs is 1. The molecule has 7 heteroatoms. The van der Waals surface area contributed by atoms with Gasteiger partial charge >= 0.3 is 0 Å². The number of piperazine rings is 1. The molecule has 0 N–H and O–H groups in total. The van der Waals surface area contributed by atoms with Crippen molar-refractivity contribution in [1.29, 1.82) is 0 Å². The summed E-state index contributed by atoms with van der Waals surface area (Å²) in [5.41, 5.74) is 1.57. The number of carbonyl (C=O) groups is 1. The van der Waals surface area contributed by atoms with Crippen molar-refractivity contribution in [3.63, 3.8) is 0 Å². The fourth-order valence-electron chi connectivity index (χ4n) is 3.65. The summed E-state index contributed by atoms with van der Waals surface area (Å²) in [7, 11) is 0. The Bertz CT molecular complexity index is 1050. The molecule has 29 heavy (non-hydrogen) atoms. The first-order chi connectivity index (χ1) is 14.1. The molecule has 0 bridgehead atoms. The van der Waals surface area contributed by atoms with Gasteiger partial charge in [-0.3, -0.25) is 4.79 Å². The number of hydrogen-bond acceptors (Lipinski definition) is 4. The number of benzene rings is 2. The van der Waals surface area contributed by atoms with Gasteiger partial charge in [0, 0.05) is 38.2 Å².